The number of hydrogen-bond acceptors (Lipinski definition) is 2. The molecule has 1 fully saturated rings. The lowest BCUT2D eigenvalue weighted by Gasteiger charge is -2.44. The van der Waals surface area contributed by atoms with Crippen molar-refractivity contribution in [1.82, 2.24) is 5.32 Å². The van der Waals surface area contributed by atoms with Crippen LogP contribution in [0.4, 0.5) is 0 Å². The van der Waals surface area contributed by atoms with Crippen LogP contribution in [0.1, 0.15) is 49.3 Å². The number of hydrogen-bond donors (Lipinski definition) is 1. The molecule has 0 saturated heterocycles. The maximum absolute atomic E-state index is 6.52. The molecule has 18 heavy (non-hydrogen) atoms. The molecule has 3 rings (SSSR count). The minimum absolute atomic E-state index is 0.133. The molecule has 2 aliphatic rings. The highest BCUT2D eigenvalue weighted by atomic mass is 16.5. The van der Waals surface area contributed by atoms with Gasteiger partial charge in [0.2, 0.25) is 0 Å². The van der Waals surface area contributed by atoms with Crippen LogP contribution in [0.5, 0.6) is 0 Å². The Hall–Kier alpha value is -0.860. The van der Waals surface area contributed by atoms with Crippen molar-refractivity contribution in [2.75, 3.05) is 13.6 Å². The molecule has 1 aromatic carbocycles. The number of ether oxygens (including phenoxy) is 1. The van der Waals surface area contributed by atoms with Gasteiger partial charge in [-0.25, -0.2) is 0 Å². The van der Waals surface area contributed by atoms with Gasteiger partial charge in [0.1, 0.15) is 0 Å². The lowest BCUT2D eigenvalue weighted by atomic mass is 9.77. The van der Waals surface area contributed by atoms with Gasteiger partial charge in [-0.1, -0.05) is 43.5 Å². The Balaban J connectivity index is 1.91. The van der Waals surface area contributed by atoms with E-state index < -0.39 is 0 Å². The van der Waals surface area contributed by atoms with E-state index in [2.05, 4.69) is 29.6 Å². The van der Waals surface area contributed by atoms with Crippen molar-refractivity contribution >= 4 is 0 Å². The van der Waals surface area contributed by atoms with Crippen molar-refractivity contribution < 1.29 is 4.74 Å². The summed E-state index contributed by atoms with van der Waals surface area (Å²) in [5.41, 5.74) is 3.03. The molecule has 1 aliphatic carbocycles. The normalized spacial score (nSPS) is 25.9. The SMILES string of the molecule is CNCC1OC2(CCCCC2)Cc2ccccc21. The van der Waals surface area contributed by atoms with Crippen LogP contribution in [0.15, 0.2) is 24.3 Å². The monoisotopic (exact) mass is 245 g/mol. The average molecular weight is 245 g/mol. The minimum Gasteiger partial charge on any atom is -0.365 e. The predicted molar refractivity (Wildman–Crippen MR) is 73.7 cm³/mol. The van der Waals surface area contributed by atoms with Gasteiger partial charge in [0.15, 0.2) is 0 Å². The highest BCUT2D eigenvalue weighted by Crippen LogP contribution is 2.43. The molecule has 1 saturated carbocycles. The van der Waals surface area contributed by atoms with E-state index in [-0.39, 0.29) is 11.7 Å². The predicted octanol–water partition coefficient (Wildman–Crippen LogP) is 3.22. The molecule has 2 nitrogen and oxygen atoms in total. The maximum atomic E-state index is 6.52. The van der Waals surface area contributed by atoms with E-state index in [1.165, 1.54) is 43.2 Å². The van der Waals surface area contributed by atoms with E-state index in [0.717, 1.165) is 13.0 Å². The molecule has 0 bridgehead atoms. The molecular weight excluding hydrogens is 222 g/mol. The lowest BCUT2D eigenvalue weighted by Crippen LogP contribution is -2.44. The summed E-state index contributed by atoms with van der Waals surface area (Å²) in [6.07, 6.45) is 7.86. The van der Waals surface area contributed by atoms with Gasteiger partial charge >= 0.3 is 0 Å². The number of benzene rings is 1. The molecule has 2 heteroatoms. The zero-order valence-electron chi connectivity index (χ0n) is 11.2. The van der Waals surface area contributed by atoms with Crippen LogP contribution < -0.4 is 5.32 Å². The van der Waals surface area contributed by atoms with Crippen LogP contribution in [0.25, 0.3) is 0 Å². The summed E-state index contributed by atoms with van der Waals surface area (Å²) >= 11 is 0. The summed E-state index contributed by atoms with van der Waals surface area (Å²) in [5, 5.41) is 3.28. The second kappa shape index (κ2) is 5.02. The zero-order valence-corrected chi connectivity index (χ0v) is 11.2. The van der Waals surface area contributed by atoms with Crippen LogP contribution in [-0.4, -0.2) is 19.2 Å². The molecule has 0 aromatic heterocycles. The van der Waals surface area contributed by atoms with Crippen LogP contribution in [0.2, 0.25) is 0 Å². The molecule has 1 aliphatic heterocycles. The second-order valence-electron chi connectivity index (χ2n) is 5.78. The molecule has 1 aromatic rings. The average Bonchev–Trinajstić information content (AvgIpc) is 2.40. The van der Waals surface area contributed by atoms with E-state index in [1.54, 1.807) is 0 Å². The Morgan fingerprint density at radius 1 is 1.22 bits per heavy atom. The van der Waals surface area contributed by atoms with Crippen molar-refractivity contribution in [3.8, 4) is 0 Å². The Morgan fingerprint density at radius 3 is 2.78 bits per heavy atom. The van der Waals surface area contributed by atoms with Gasteiger partial charge in [0.05, 0.1) is 11.7 Å². The van der Waals surface area contributed by atoms with E-state index >= 15 is 0 Å². The van der Waals surface area contributed by atoms with Crippen LogP contribution in [0.3, 0.4) is 0 Å². The van der Waals surface area contributed by atoms with Crippen LogP contribution in [-0.2, 0) is 11.2 Å². The van der Waals surface area contributed by atoms with Gasteiger partial charge in [-0.2, -0.15) is 0 Å². The van der Waals surface area contributed by atoms with Crippen molar-refractivity contribution in [1.29, 1.82) is 0 Å². The Morgan fingerprint density at radius 2 is 2.00 bits per heavy atom. The smallest absolute Gasteiger partial charge is 0.0959 e. The highest BCUT2D eigenvalue weighted by molar-refractivity contribution is 5.33. The Bertz CT molecular complexity index is 409. The quantitative estimate of drug-likeness (QED) is 0.863. The molecule has 1 unspecified atom stereocenters. The molecule has 98 valence electrons. The number of rotatable bonds is 2. The third kappa shape index (κ3) is 2.19. The lowest BCUT2D eigenvalue weighted by molar-refractivity contribution is -0.124. The van der Waals surface area contributed by atoms with Gasteiger partial charge < -0.3 is 10.1 Å². The zero-order chi connectivity index (χ0) is 12.4. The molecular formula is C16H23NO. The first-order valence-corrected chi connectivity index (χ1v) is 7.23. The topological polar surface area (TPSA) is 21.3 Å². The van der Waals surface area contributed by atoms with E-state index in [1.807, 2.05) is 7.05 Å². The highest BCUT2D eigenvalue weighted by Gasteiger charge is 2.40. The van der Waals surface area contributed by atoms with Gasteiger partial charge in [-0.15, -0.1) is 0 Å². The fourth-order valence-electron chi connectivity index (χ4n) is 3.59. The van der Waals surface area contributed by atoms with Crippen LogP contribution >= 0.6 is 0 Å². The van der Waals surface area contributed by atoms with Crippen molar-refractivity contribution in [3.05, 3.63) is 35.4 Å². The molecule has 1 N–H and O–H groups in total. The molecule has 1 heterocycles. The summed E-state index contributed by atoms with van der Waals surface area (Å²) in [5.74, 6) is 0. The third-order valence-corrected chi connectivity index (χ3v) is 4.46. The third-order valence-electron chi connectivity index (χ3n) is 4.46. The molecule has 0 amide bonds. The van der Waals surface area contributed by atoms with Crippen molar-refractivity contribution in [2.24, 2.45) is 0 Å². The number of fused-ring (bicyclic) bond motifs is 1. The first-order valence-electron chi connectivity index (χ1n) is 7.23. The number of likely N-dealkylation sites (N-methyl/N-ethyl adjacent to an activating group) is 1. The summed E-state index contributed by atoms with van der Waals surface area (Å²) in [6, 6.07) is 8.81. The largest absolute Gasteiger partial charge is 0.365 e. The molecule has 0 radical (unpaired) electrons. The van der Waals surface area contributed by atoms with Gasteiger partial charge in [0.25, 0.3) is 0 Å². The summed E-state index contributed by atoms with van der Waals surface area (Å²) < 4.78 is 6.52. The van der Waals surface area contributed by atoms with Gasteiger partial charge in [-0.05, 0) is 31.0 Å². The first kappa shape index (κ1) is 12.2. The Kier molecular flexibility index (Phi) is 3.40. The van der Waals surface area contributed by atoms with Crippen molar-refractivity contribution in [2.45, 2.75) is 50.2 Å². The Labute approximate surface area is 110 Å². The molecule has 1 atom stereocenters. The van der Waals surface area contributed by atoms with Gasteiger partial charge in [0, 0.05) is 13.0 Å². The van der Waals surface area contributed by atoms with E-state index in [4.69, 9.17) is 4.74 Å². The minimum atomic E-state index is 0.133. The summed E-state index contributed by atoms with van der Waals surface area (Å²) in [7, 11) is 2.01. The summed E-state index contributed by atoms with van der Waals surface area (Å²) in [6.45, 7) is 0.915. The van der Waals surface area contributed by atoms with E-state index in [0.29, 0.717) is 0 Å². The first-order chi connectivity index (χ1) is 8.83. The maximum Gasteiger partial charge on any atom is 0.0959 e. The second-order valence-corrected chi connectivity index (χ2v) is 5.78. The standard InChI is InChI=1S/C16H23NO/c1-17-12-15-14-8-4-3-7-13(14)11-16(18-15)9-5-2-6-10-16/h3-4,7-8,15,17H,2,5-6,9-12H2,1H3. The van der Waals surface area contributed by atoms with Crippen LogP contribution in [0, 0.1) is 0 Å². The van der Waals surface area contributed by atoms with E-state index in [9.17, 15) is 0 Å². The fourth-order valence-corrected chi connectivity index (χ4v) is 3.59. The number of nitrogens with one attached hydrogen (secondary N) is 1. The van der Waals surface area contributed by atoms with Crippen molar-refractivity contribution in [3.63, 3.8) is 0 Å². The van der Waals surface area contributed by atoms with Gasteiger partial charge in [-0.3, -0.25) is 0 Å². The summed E-state index contributed by atoms with van der Waals surface area (Å²) in [4.78, 5) is 0. The molecule has 1 spiro atoms. The fraction of sp³-hybridized carbons (Fsp3) is 0.625.